The van der Waals surface area contributed by atoms with Crippen LogP contribution < -0.4 is 15.2 Å². The number of carbonyl (C=O) groups is 1. The van der Waals surface area contributed by atoms with E-state index in [0.717, 1.165) is 0 Å². The highest BCUT2D eigenvalue weighted by molar-refractivity contribution is 7.90. The molecule has 0 aromatic heterocycles. The van der Waals surface area contributed by atoms with Gasteiger partial charge in [0, 0.05) is 0 Å². The molecule has 94 valence electrons. The second-order valence-corrected chi connectivity index (χ2v) is 4.98. The number of ether oxygens (including phenoxy) is 1. The summed E-state index contributed by atoms with van der Waals surface area (Å²) in [6.07, 6.45) is 0. The van der Waals surface area contributed by atoms with Gasteiger partial charge >= 0.3 is 6.03 Å². The predicted molar refractivity (Wildman–Crippen MR) is 62.3 cm³/mol. The summed E-state index contributed by atoms with van der Waals surface area (Å²) >= 11 is 0. The molecule has 0 heterocycles. The van der Waals surface area contributed by atoms with E-state index in [1.807, 2.05) is 6.92 Å². The molecule has 2 amide bonds. The van der Waals surface area contributed by atoms with Crippen molar-refractivity contribution in [1.82, 2.24) is 4.72 Å². The lowest BCUT2D eigenvalue weighted by Gasteiger charge is -2.09. The Labute approximate surface area is 99.8 Å². The van der Waals surface area contributed by atoms with Crippen LogP contribution in [-0.4, -0.2) is 21.1 Å². The summed E-state index contributed by atoms with van der Waals surface area (Å²) in [7, 11) is -3.90. The Hall–Kier alpha value is -1.76. The first kappa shape index (κ1) is 13.3. The fourth-order valence-corrected chi connectivity index (χ4v) is 2.47. The molecule has 0 aliphatic rings. The van der Waals surface area contributed by atoms with E-state index in [4.69, 9.17) is 10.5 Å². The molecule has 0 bridgehead atoms. The van der Waals surface area contributed by atoms with Gasteiger partial charge in [-0.1, -0.05) is 0 Å². The number of aryl methyl sites for hydroxylation is 1. The Balaban J connectivity index is 3.11. The molecule has 0 radical (unpaired) electrons. The molecular weight excluding hydrogens is 244 g/mol. The van der Waals surface area contributed by atoms with Crippen molar-refractivity contribution < 1.29 is 17.9 Å². The molecule has 3 N–H and O–H groups in total. The van der Waals surface area contributed by atoms with Crippen molar-refractivity contribution in [1.29, 1.82) is 0 Å². The zero-order chi connectivity index (χ0) is 13.1. The Kier molecular flexibility index (Phi) is 3.95. The number of sulfonamides is 1. The molecule has 0 spiro atoms. The van der Waals surface area contributed by atoms with Gasteiger partial charge in [-0.3, -0.25) is 0 Å². The highest BCUT2D eigenvalue weighted by atomic mass is 32.2. The maximum atomic E-state index is 11.7. The van der Waals surface area contributed by atoms with Crippen LogP contribution in [0.25, 0.3) is 0 Å². The molecule has 0 atom stereocenters. The van der Waals surface area contributed by atoms with Crippen molar-refractivity contribution in [3.05, 3.63) is 23.8 Å². The van der Waals surface area contributed by atoms with E-state index in [2.05, 4.69) is 0 Å². The van der Waals surface area contributed by atoms with E-state index in [0.29, 0.717) is 17.9 Å². The first-order chi connectivity index (χ1) is 7.86. The minimum absolute atomic E-state index is 0.000229. The van der Waals surface area contributed by atoms with Crippen LogP contribution in [0.2, 0.25) is 0 Å². The maximum Gasteiger partial charge on any atom is 0.326 e. The van der Waals surface area contributed by atoms with Gasteiger partial charge in [0.1, 0.15) is 5.75 Å². The average molecular weight is 258 g/mol. The van der Waals surface area contributed by atoms with Gasteiger partial charge in [-0.2, -0.15) is 0 Å². The Morgan fingerprint density at radius 1 is 1.47 bits per heavy atom. The average Bonchev–Trinajstić information content (AvgIpc) is 2.15. The maximum absolute atomic E-state index is 11.7. The molecule has 1 rings (SSSR count). The summed E-state index contributed by atoms with van der Waals surface area (Å²) in [5.74, 6) is 0.572. The fraction of sp³-hybridized carbons (Fsp3) is 0.300. The highest BCUT2D eigenvalue weighted by Crippen LogP contribution is 2.20. The van der Waals surface area contributed by atoms with Crippen LogP contribution in [0, 0.1) is 6.92 Å². The van der Waals surface area contributed by atoms with Crippen LogP contribution in [0.5, 0.6) is 5.75 Å². The number of carbonyl (C=O) groups excluding carboxylic acids is 1. The number of nitrogens with two attached hydrogens (primary N) is 1. The van der Waals surface area contributed by atoms with Gasteiger partial charge in [0.15, 0.2) is 0 Å². The summed E-state index contributed by atoms with van der Waals surface area (Å²) in [4.78, 5) is 10.6. The summed E-state index contributed by atoms with van der Waals surface area (Å²) in [6, 6.07) is 3.36. The summed E-state index contributed by atoms with van der Waals surface area (Å²) < 4.78 is 30.3. The van der Waals surface area contributed by atoms with Gasteiger partial charge in [0.05, 0.1) is 11.5 Å². The van der Waals surface area contributed by atoms with Gasteiger partial charge in [0.25, 0.3) is 10.0 Å². The molecule has 0 saturated carbocycles. The number of hydrogen-bond acceptors (Lipinski definition) is 4. The number of benzene rings is 1. The van der Waals surface area contributed by atoms with Crippen molar-refractivity contribution in [3.63, 3.8) is 0 Å². The number of primary amides is 1. The number of urea groups is 1. The third kappa shape index (κ3) is 3.35. The van der Waals surface area contributed by atoms with Crippen LogP contribution in [0.15, 0.2) is 23.1 Å². The van der Waals surface area contributed by atoms with Crippen LogP contribution in [0.1, 0.15) is 12.5 Å². The molecule has 0 aliphatic carbocycles. The van der Waals surface area contributed by atoms with Crippen molar-refractivity contribution in [2.45, 2.75) is 18.7 Å². The lowest BCUT2D eigenvalue weighted by molar-refractivity contribution is 0.253. The number of nitrogens with one attached hydrogen (secondary N) is 1. The van der Waals surface area contributed by atoms with Crippen molar-refractivity contribution in [3.8, 4) is 5.75 Å². The van der Waals surface area contributed by atoms with Gasteiger partial charge in [-0.25, -0.2) is 17.9 Å². The molecule has 7 heteroatoms. The van der Waals surface area contributed by atoms with Crippen molar-refractivity contribution in [2.24, 2.45) is 5.73 Å². The summed E-state index contributed by atoms with van der Waals surface area (Å²) in [5, 5.41) is 0. The van der Waals surface area contributed by atoms with Gasteiger partial charge < -0.3 is 10.5 Å². The molecular formula is C10H14N2O4S. The summed E-state index contributed by atoms with van der Waals surface area (Å²) in [5.41, 5.74) is 5.27. The number of amides is 2. The second-order valence-electron chi connectivity index (χ2n) is 3.33. The third-order valence-corrected chi connectivity index (χ3v) is 3.49. The van der Waals surface area contributed by atoms with Crippen molar-refractivity contribution in [2.75, 3.05) is 6.61 Å². The normalized spacial score (nSPS) is 10.9. The minimum Gasteiger partial charge on any atom is -0.494 e. The van der Waals surface area contributed by atoms with Gasteiger partial charge in [-0.15, -0.1) is 0 Å². The molecule has 0 aliphatic heterocycles. The quantitative estimate of drug-likeness (QED) is 0.832. The van der Waals surface area contributed by atoms with E-state index >= 15 is 0 Å². The van der Waals surface area contributed by atoms with Gasteiger partial charge in [-0.05, 0) is 37.6 Å². The zero-order valence-corrected chi connectivity index (χ0v) is 10.4. The molecule has 6 nitrogen and oxygen atoms in total. The van der Waals surface area contributed by atoms with E-state index in [-0.39, 0.29) is 4.90 Å². The van der Waals surface area contributed by atoms with Crippen LogP contribution in [-0.2, 0) is 10.0 Å². The van der Waals surface area contributed by atoms with Gasteiger partial charge in [0.2, 0.25) is 0 Å². The zero-order valence-electron chi connectivity index (χ0n) is 9.56. The molecule has 17 heavy (non-hydrogen) atoms. The lowest BCUT2D eigenvalue weighted by Crippen LogP contribution is -2.35. The summed E-state index contributed by atoms with van der Waals surface area (Å²) in [6.45, 7) is 3.93. The predicted octanol–water partition coefficient (Wildman–Crippen LogP) is 0.751. The molecule has 0 unspecified atom stereocenters. The largest absolute Gasteiger partial charge is 0.494 e. The van der Waals surface area contributed by atoms with E-state index in [1.54, 1.807) is 17.7 Å². The Morgan fingerprint density at radius 3 is 2.59 bits per heavy atom. The van der Waals surface area contributed by atoms with Crippen LogP contribution >= 0.6 is 0 Å². The Bertz CT molecular complexity index is 525. The first-order valence-corrected chi connectivity index (χ1v) is 6.41. The van der Waals surface area contributed by atoms with E-state index < -0.39 is 16.1 Å². The smallest absolute Gasteiger partial charge is 0.326 e. The first-order valence-electron chi connectivity index (χ1n) is 4.92. The molecule has 1 aromatic carbocycles. The SMILES string of the molecule is CCOc1ccc(S(=O)(=O)NC(N)=O)c(C)c1. The molecule has 1 aromatic rings. The third-order valence-electron chi connectivity index (χ3n) is 1.98. The Morgan fingerprint density at radius 2 is 2.12 bits per heavy atom. The lowest BCUT2D eigenvalue weighted by atomic mass is 10.2. The van der Waals surface area contributed by atoms with Crippen LogP contribution in [0.3, 0.4) is 0 Å². The topological polar surface area (TPSA) is 98.5 Å². The highest BCUT2D eigenvalue weighted by Gasteiger charge is 2.18. The van der Waals surface area contributed by atoms with E-state index in [9.17, 15) is 13.2 Å². The monoisotopic (exact) mass is 258 g/mol. The molecule has 0 fully saturated rings. The standard InChI is InChI=1S/C10H14N2O4S/c1-3-16-8-4-5-9(7(2)6-8)17(14,15)12-10(11)13/h4-6H,3H2,1-2H3,(H3,11,12,13). The second kappa shape index (κ2) is 5.05. The van der Waals surface area contributed by atoms with E-state index in [1.165, 1.54) is 12.1 Å². The number of hydrogen-bond donors (Lipinski definition) is 2. The fourth-order valence-electron chi connectivity index (χ4n) is 1.37. The minimum atomic E-state index is -3.90. The molecule has 0 saturated heterocycles. The van der Waals surface area contributed by atoms with Crippen LogP contribution in [0.4, 0.5) is 4.79 Å². The number of rotatable bonds is 4. The van der Waals surface area contributed by atoms with Crippen molar-refractivity contribution >= 4 is 16.1 Å².